The van der Waals surface area contributed by atoms with Gasteiger partial charge in [-0.25, -0.2) is 0 Å². The Morgan fingerprint density at radius 3 is 2.63 bits per heavy atom. The van der Waals surface area contributed by atoms with E-state index in [1.807, 2.05) is 29.0 Å². The molecule has 100 valence electrons. The van der Waals surface area contributed by atoms with Gasteiger partial charge in [0.2, 0.25) is 0 Å². The highest BCUT2D eigenvalue weighted by atomic mass is 32.1. The Morgan fingerprint density at radius 2 is 2.05 bits per heavy atom. The molecule has 1 aliphatic carbocycles. The lowest BCUT2D eigenvalue weighted by molar-refractivity contribution is 0.0170. The zero-order valence-electron chi connectivity index (χ0n) is 10.3. The van der Waals surface area contributed by atoms with Crippen LogP contribution in [0.5, 0.6) is 0 Å². The van der Waals surface area contributed by atoms with Gasteiger partial charge in [-0.05, 0) is 41.7 Å². The molecule has 1 fully saturated rings. The predicted octanol–water partition coefficient (Wildman–Crippen LogP) is 2.84. The first kappa shape index (κ1) is 12.8. The van der Waals surface area contributed by atoms with E-state index in [9.17, 15) is 9.90 Å². The molecule has 2 heterocycles. The maximum Gasteiger partial charge on any atom is 0.261 e. The van der Waals surface area contributed by atoms with E-state index in [1.54, 1.807) is 17.4 Å². The minimum absolute atomic E-state index is 0.106. The van der Waals surface area contributed by atoms with Crippen LogP contribution in [-0.2, 0) is 5.60 Å². The third-order valence-electron chi connectivity index (χ3n) is 3.46. The highest BCUT2D eigenvalue weighted by molar-refractivity contribution is 7.12. The van der Waals surface area contributed by atoms with Crippen LogP contribution in [0.1, 0.15) is 27.4 Å². The van der Waals surface area contributed by atoms with Crippen LogP contribution in [0.25, 0.3) is 0 Å². The van der Waals surface area contributed by atoms with Crippen molar-refractivity contribution in [3.8, 4) is 0 Å². The van der Waals surface area contributed by atoms with Crippen molar-refractivity contribution in [2.75, 3.05) is 6.54 Å². The first-order valence-electron chi connectivity index (χ1n) is 6.28. The summed E-state index contributed by atoms with van der Waals surface area (Å²) < 4.78 is 0. The molecule has 0 aromatic carbocycles. The Balaban J connectivity index is 1.71. The molecule has 0 radical (unpaired) electrons. The maximum absolute atomic E-state index is 12.0. The molecule has 0 aliphatic heterocycles. The molecule has 1 atom stereocenters. The summed E-state index contributed by atoms with van der Waals surface area (Å²) in [5, 5.41) is 17.6. The van der Waals surface area contributed by atoms with E-state index in [-0.39, 0.29) is 18.4 Å². The molecular formula is C14H15NO2S2. The van der Waals surface area contributed by atoms with Crippen molar-refractivity contribution in [2.24, 2.45) is 5.92 Å². The second kappa shape index (κ2) is 5.07. The molecule has 0 bridgehead atoms. The van der Waals surface area contributed by atoms with Crippen LogP contribution in [0.2, 0.25) is 0 Å². The zero-order valence-corrected chi connectivity index (χ0v) is 12.0. The summed E-state index contributed by atoms with van der Waals surface area (Å²) in [6.07, 6.45) is 2.06. The van der Waals surface area contributed by atoms with Gasteiger partial charge in [-0.3, -0.25) is 4.79 Å². The monoisotopic (exact) mass is 293 g/mol. The average molecular weight is 293 g/mol. The number of aliphatic hydroxyl groups is 1. The number of hydrogen-bond donors (Lipinski definition) is 2. The molecule has 0 saturated heterocycles. The summed E-state index contributed by atoms with van der Waals surface area (Å²) in [6.45, 7) is 0.287. The number of hydrogen-bond acceptors (Lipinski definition) is 4. The van der Waals surface area contributed by atoms with Crippen LogP contribution in [0.3, 0.4) is 0 Å². The molecule has 0 spiro atoms. The van der Waals surface area contributed by atoms with Crippen LogP contribution in [0, 0.1) is 5.92 Å². The second-order valence-corrected chi connectivity index (χ2v) is 6.73. The molecule has 2 aromatic rings. The van der Waals surface area contributed by atoms with Gasteiger partial charge in [0, 0.05) is 4.88 Å². The summed E-state index contributed by atoms with van der Waals surface area (Å²) in [5.74, 6) is 0.167. The van der Waals surface area contributed by atoms with Gasteiger partial charge in [-0.15, -0.1) is 22.7 Å². The van der Waals surface area contributed by atoms with Crippen LogP contribution >= 0.6 is 22.7 Å². The molecule has 1 saturated carbocycles. The van der Waals surface area contributed by atoms with Crippen LogP contribution in [0.4, 0.5) is 0 Å². The smallest absolute Gasteiger partial charge is 0.261 e. The summed E-state index contributed by atoms with van der Waals surface area (Å²) in [6, 6.07) is 7.53. The van der Waals surface area contributed by atoms with Gasteiger partial charge in [0.25, 0.3) is 5.91 Å². The van der Waals surface area contributed by atoms with Gasteiger partial charge >= 0.3 is 0 Å². The molecule has 19 heavy (non-hydrogen) atoms. The highest BCUT2D eigenvalue weighted by Crippen LogP contribution is 2.46. The molecule has 2 aromatic heterocycles. The van der Waals surface area contributed by atoms with Gasteiger partial charge < -0.3 is 10.4 Å². The van der Waals surface area contributed by atoms with Gasteiger partial charge in [-0.2, -0.15) is 0 Å². The minimum atomic E-state index is -0.902. The standard InChI is InChI=1S/C14H15NO2S2/c16-13(11-3-1-7-18-11)15-9-14(17,10-5-6-10)12-4-2-8-19-12/h1-4,7-8,10,17H,5-6,9H2,(H,15,16). The summed E-state index contributed by atoms with van der Waals surface area (Å²) >= 11 is 2.96. The fourth-order valence-electron chi connectivity index (χ4n) is 2.23. The SMILES string of the molecule is O=C(NCC(O)(c1cccs1)C1CC1)c1cccs1. The van der Waals surface area contributed by atoms with Crippen molar-refractivity contribution >= 4 is 28.6 Å². The molecule has 3 rings (SSSR count). The van der Waals surface area contributed by atoms with Crippen LogP contribution in [0.15, 0.2) is 35.0 Å². The number of rotatable bonds is 5. The van der Waals surface area contributed by atoms with E-state index in [0.717, 1.165) is 17.7 Å². The number of thiophene rings is 2. The lowest BCUT2D eigenvalue weighted by atomic mass is 9.95. The first-order chi connectivity index (χ1) is 9.20. The molecular weight excluding hydrogens is 278 g/mol. The molecule has 1 aliphatic rings. The summed E-state index contributed by atoms with van der Waals surface area (Å²) in [7, 11) is 0. The Kier molecular flexibility index (Phi) is 3.43. The molecule has 3 nitrogen and oxygen atoms in total. The van der Waals surface area contributed by atoms with E-state index in [1.165, 1.54) is 11.3 Å². The van der Waals surface area contributed by atoms with Crippen molar-refractivity contribution in [1.29, 1.82) is 0 Å². The number of carbonyl (C=O) groups is 1. The van der Waals surface area contributed by atoms with E-state index in [4.69, 9.17) is 0 Å². The van der Waals surface area contributed by atoms with Crippen molar-refractivity contribution in [3.63, 3.8) is 0 Å². The van der Waals surface area contributed by atoms with Gasteiger partial charge in [0.15, 0.2) is 0 Å². The van der Waals surface area contributed by atoms with Crippen molar-refractivity contribution in [3.05, 3.63) is 44.8 Å². The minimum Gasteiger partial charge on any atom is -0.382 e. The lowest BCUT2D eigenvalue weighted by Crippen LogP contribution is -2.41. The Labute approximate surface area is 119 Å². The normalized spacial score (nSPS) is 17.9. The van der Waals surface area contributed by atoms with Crippen molar-refractivity contribution < 1.29 is 9.90 Å². The topological polar surface area (TPSA) is 49.3 Å². The number of carbonyl (C=O) groups excluding carboxylic acids is 1. The zero-order chi connectivity index (χ0) is 13.3. The van der Waals surface area contributed by atoms with Crippen LogP contribution < -0.4 is 5.32 Å². The predicted molar refractivity (Wildman–Crippen MR) is 77.6 cm³/mol. The Hall–Kier alpha value is -1.17. The van der Waals surface area contributed by atoms with Crippen LogP contribution in [-0.4, -0.2) is 17.6 Å². The summed E-state index contributed by atoms with van der Waals surface area (Å²) in [4.78, 5) is 13.6. The third-order valence-corrected chi connectivity index (χ3v) is 5.37. The fraction of sp³-hybridized carbons (Fsp3) is 0.357. The Bertz CT molecular complexity index is 546. The molecule has 2 N–H and O–H groups in total. The number of nitrogens with one attached hydrogen (secondary N) is 1. The maximum atomic E-state index is 12.0. The quantitative estimate of drug-likeness (QED) is 0.890. The van der Waals surface area contributed by atoms with Gasteiger partial charge in [-0.1, -0.05) is 12.1 Å². The first-order valence-corrected chi connectivity index (χ1v) is 8.04. The third kappa shape index (κ3) is 2.59. The molecule has 1 amide bonds. The van der Waals surface area contributed by atoms with E-state index in [0.29, 0.717) is 4.88 Å². The summed E-state index contributed by atoms with van der Waals surface area (Å²) in [5.41, 5.74) is -0.902. The average Bonchev–Trinajstić information content (AvgIpc) is 2.95. The fourth-order valence-corrected chi connectivity index (χ4v) is 3.77. The van der Waals surface area contributed by atoms with E-state index in [2.05, 4.69) is 5.32 Å². The van der Waals surface area contributed by atoms with E-state index < -0.39 is 5.60 Å². The highest BCUT2D eigenvalue weighted by Gasteiger charge is 2.45. The van der Waals surface area contributed by atoms with E-state index >= 15 is 0 Å². The molecule has 1 unspecified atom stereocenters. The van der Waals surface area contributed by atoms with Crippen molar-refractivity contribution in [2.45, 2.75) is 18.4 Å². The lowest BCUT2D eigenvalue weighted by Gasteiger charge is -2.27. The van der Waals surface area contributed by atoms with Gasteiger partial charge in [0.1, 0.15) is 5.60 Å². The Morgan fingerprint density at radius 1 is 1.32 bits per heavy atom. The largest absolute Gasteiger partial charge is 0.382 e. The van der Waals surface area contributed by atoms with Crippen molar-refractivity contribution in [1.82, 2.24) is 5.32 Å². The number of amides is 1. The van der Waals surface area contributed by atoms with Gasteiger partial charge in [0.05, 0.1) is 11.4 Å². The second-order valence-electron chi connectivity index (χ2n) is 4.84. The molecule has 5 heteroatoms.